The van der Waals surface area contributed by atoms with E-state index in [1.54, 1.807) is 0 Å². The molecule has 19 aromatic rings. The van der Waals surface area contributed by atoms with Gasteiger partial charge in [-0.1, -0.05) is 511 Å². The van der Waals surface area contributed by atoms with E-state index in [0.717, 1.165) is 0 Å². The molecule has 0 saturated carbocycles. The molecule has 0 amide bonds. The molecule has 0 radical (unpaired) electrons. The van der Waals surface area contributed by atoms with E-state index in [4.69, 9.17) is 0 Å². The van der Waals surface area contributed by atoms with Crippen molar-refractivity contribution in [2.24, 2.45) is 0 Å². The fourth-order valence-electron chi connectivity index (χ4n) is 21.7. The molecule has 732 valence electrons. The maximum absolute atomic E-state index is 2.40. The third-order valence-electron chi connectivity index (χ3n) is 28.1. The van der Waals surface area contributed by atoms with Gasteiger partial charge in [0, 0.05) is 118 Å². The lowest BCUT2D eigenvalue weighted by Crippen LogP contribution is -2.31. The highest BCUT2D eigenvalue weighted by Crippen LogP contribution is 2.58. The first-order valence-electron chi connectivity index (χ1n) is 52.9. The Morgan fingerprint density at radius 3 is 0.645 bits per heavy atom. The van der Waals surface area contributed by atoms with E-state index >= 15 is 0 Å². The molecule has 0 aromatic heterocycles. The van der Waals surface area contributed by atoms with E-state index in [1.165, 1.54) is 209 Å². The molecule has 0 bridgehead atoms. The summed E-state index contributed by atoms with van der Waals surface area (Å²) in [6, 6.07) is 128. The molecular weight excluding hydrogens is 1700 g/mol. The van der Waals surface area contributed by atoms with Crippen LogP contribution in [-0.2, 0) is 27.1 Å². The van der Waals surface area contributed by atoms with E-state index < -0.39 is 0 Å². The molecule has 0 atom stereocenters. The number of para-hydroxylation sites is 1. The average Bonchev–Trinajstić information content (AvgIpc) is 0.727. The number of fused-ring (bicyclic) bond motifs is 26. The van der Waals surface area contributed by atoms with E-state index in [1.807, 2.05) is 138 Å². The summed E-state index contributed by atoms with van der Waals surface area (Å²) in [4.78, 5) is 11.8. The Balaban J connectivity index is 0.000000173. The van der Waals surface area contributed by atoms with E-state index in [-0.39, 0.29) is 27.1 Å². The Kier molecular flexibility index (Phi) is 37.4. The van der Waals surface area contributed by atoms with Gasteiger partial charge in [-0.25, -0.2) is 0 Å². The number of nitrogens with zero attached hydrogens (tertiary/aromatic N) is 5. The molecule has 0 saturated heterocycles. The van der Waals surface area contributed by atoms with Crippen LogP contribution in [0.5, 0.6) is 0 Å². The zero-order valence-electron chi connectivity index (χ0n) is 92.2. The number of rotatable bonds is 0. The molecule has 0 N–H and O–H groups in total. The minimum absolute atomic E-state index is 0.0132. The van der Waals surface area contributed by atoms with Crippen molar-refractivity contribution >= 4 is 154 Å². The van der Waals surface area contributed by atoms with Gasteiger partial charge in [-0.3, -0.25) is 0 Å². The zero-order valence-corrected chi connectivity index (χ0v) is 92.2. The maximum Gasteiger partial charge on any atom is 0.0529 e. The molecule has 0 fully saturated rings. The first kappa shape index (κ1) is 110. The van der Waals surface area contributed by atoms with Crippen LogP contribution in [-0.4, -0.2) is 35.2 Å². The molecule has 5 aliphatic rings. The van der Waals surface area contributed by atoms with Crippen molar-refractivity contribution in [2.75, 3.05) is 59.7 Å². The summed E-state index contributed by atoms with van der Waals surface area (Å²) in [6.45, 7) is 63.5. The second-order valence-electron chi connectivity index (χ2n) is 36.6. The number of anilines is 10. The molecule has 141 heavy (non-hydrogen) atoms. The summed E-state index contributed by atoms with van der Waals surface area (Å²) in [7, 11) is 11.0. The van der Waals surface area contributed by atoms with Crippen LogP contribution >= 0.6 is 0 Å². The molecule has 5 heterocycles. The van der Waals surface area contributed by atoms with Gasteiger partial charge in [0.05, 0.1) is 22.7 Å². The molecule has 0 spiro atoms. The van der Waals surface area contributed by atoms with Crippen molar-refractivity contribution in [3.8, 4) is 0 Å². The van der Waals surface area contributed by atoms with Crippen molar-refractivity contribution in [1.29, 1.82) is 0 Å². The van der Waals surface area contributed by atoms with Crippen molar-refractivity contribution in [2.45, 2.75) is 235 Å². The van der Waals surface area contributed by atoms with E-state index in [2.05, 4.69) is 481 Å². The predicted molar refractivity (Wildman–Crippen MR) is 636 cm³/mol. The molecule has 0 unspecified atom stereocenters. The Morgan fingerprint density at radius 1 is 0.135 bits per heavy atom. The van der Waals surface area contributed by atoms with Crippen LogP contribution in [0.25, 0.3) is 97.0 Å². The second kappa shape index (κ2) is 48.1. The second-order valence-corrected chi connectivity index (χ2v) is 36.6. The summed E-state index contributed by atoms with van der Waals surface area (Å²) in [6.07, 6.45) is 0. The number of hydrogen-bond acceptors (Lipinski definition) is 5. The summed E-state index contributed by atoms with van der Waals surface area (Å²) in [5.74, 6) is 0. The molecule has 5 nitrogen and oxygen atoms in total. The van der Waals surface area contributed by atoms with Crippen molar-refractivity contribution in [3.05, 3.63) is 407 Å². The van der Waals surface area contributed by atoms with Crippen molar-refractivity contribution in [1.82, 2.24) is 0 Å². The lowest BCUT2D eigenvalue weighted by molar-refractivity contribution is 0.632. The molecule has 0 aliphatic carbocycles. The SMILES string of the molecule is CC.CC.CC.CC.CC.CC.CC.CC.CC.CC.CN1c2c(ccc3ccccc23)C(C)(C)c2ccc3ccccc3c21.CN1c2cc3ccccc3cc2C(C)(C)c2c1ccc1ccccc21.CN1c2cc3ccccc3cc2C(C)(C)c2ccc3ccccc3c21.CN1c2ccc3ccccc3c2C(C)(C)c2ccc3ccccc3c21.CN1c2ccccc2C(C)(C)c2c1ccc1ccccc21. The molecule has 5 heteroatoms. The van der Waals surface area contributed by atoms with Crippen molar-refractivity contribution < 1.29 is 0 Å². The Hall–Kier alpha value is -13.5. The van der Waals surface area contributed by atoms with Crippen molar-refractivity contribution in [3.63, 3.8) is 0 Å². The van der Waals surface area contributed by atoms with Gasteiger partial charge < -0.3 is 24.5 Å². The standard InChI is InChI=1S/4C24H21N.C20H19N.10C2H6/c1-24(2)20-14-12-17-9-5-7-11-19(17)23(20)25(3)21-15-13-16-8-4-6-10-18(16)22(21)24;1-24(2)20-14-12-16-8-4-6-10-18(16)22(20)25(3)23-19-11-7-5-9-17(19)13-15-21(23)24;1-24(2)20-14-17-9-4-5-10-18(17)15-22(20)25(3)21-13-12-16-8-6-7-11-19(16)23(21)24;1-24(2)20-13-12-16-8-6-7-11-19(16)23(20)25(3)22-15-18-10-5-4-9-17(18)14-21(22)24;1-20(2)16-10-6-7-11-17(16)21(3)18-13-12-14-8-4-5-9-15(14)19(18)20;10*1-2/h4*4-15H,1-3H3;4-13H,1-3H3;10*1-2H3. The molecule has 24 rings (SSSR count). The highest BCUT2D eigenvalue weighted by Gasteiger charge is 2.43. The first-order chi connectivity index (χ1) is 68.4. The van der Waals surface area contributed by atoms with Crippen LogP contribution in [0.1, 0.15) is 263 Å². The molecular formula is C136H163N5. The third-order valence-corrected chi connectivity index (χ3v) is 28.1. The lowest BCUT2D eigenvalue weighted by Gasteiger charge is -2.42. The summed E-state index contributed by atoms with van der Waals surface area (Å²) >= 11 is 0. The largest absolute Gasteiger partial charge is 0.344 e. The normalized spacial score (nSPS) is 13.6. The van der Waals surface area contributed by atoms with E-state index in [0.29, 0.717) is 0 Å². The van der Waals surface area contributed by atoms with E-state index in [9.17, 15) is 0 Å². The lowest BCUT2D eigenvalue weighted by atomic mass is 9.71. The van der Waals surface area contributed by atoms with Crippen LogP contribution < -0.4 is 24.5 Å². The molecule has 5 aliphatic heterocycles. The topological polar surface area (TPSA) is 16.2 Å². The third kappa shape index (κ3) is 20.2. The fraction of sp³-hybridized carbons (Fsp3) is 0.294. The highest BCUT2D eigenvalue weighted by atomic mass is 15.2. The Morgan fingerprint density at radius 2 is 0.326 bits per heavy atom. The Labute approximate surface area is 850 Å². The molecule has 19 aromatic carbocycles. The van der Waals surface area contributed by atoms with Crippen LogP contribution in [0.3, 0.4) is 0 Å². The quantitative estimate of drug-likeness (QED) is 0.150. The smallest absolute Gasteiger partial charge is 0.0529 e. The van der Waals surface area contributed by atoms with Gasteiger partial charge in [-0.2, -0.15) is 0 Å². The summed E-state index contributed by atoms with van der Waals surface area (Å²) < 4.78 is 0. The van der Waals surface area contributed by atoms with Gasteiger partial charge in [0.25, 0.3) is 0 Å². The van der Waals surface area contributed by atoms with Gasteiger partial charge in [-0.05, 0) is 180 Å². The van der Waals surface area contributed by atoms with Crippen LogP contribution in [0.15, 0.2) is 352 Å². The van der Waals surface area contributed by atoms with Gasteiger partial charge >= 0.3 is 0 Å². The van der Waals surface area contributed by atoms with Gasteiger partial charge in [-0.15, -0.1) is 0 Å². The van der Waals surface area contributed by atoms with Gasteiger partial charge in [0.2, 0.25) is 0 Å². The summed E-state index contributed by atoms with van der Waals surface area (Å²) in [5.41, 5.74) is 27.2. The van der Waals surface area contributed by atoms with Crippen LogP contribution in [0.4, 0.5) is 56.9 Å². The summed E-state index contributed by atoms with van der Waals surface area (Å²) in [5, 5.41) is 23.7. The van der Waals surface area contributed by atoms with Crippen LogP contribution in [0.2, 0.25) is 0 Å². The monoisotopic (exact) mass is 1870 g/mol. The Bertz CT molecular complexity index is 7190. The van der Waals surface area contributed by atoms with Gasteiger partial charge in [0.1, 0.15) is 0 Å². The number of hydrogen-bond donors (Lipinski definition) is 0. The van der Waals surface area contributed by atoms with Gasteiger partial charge in [0.15, 0.2) is 0 Å². The van der Waals surface area contributed by atoms with Crippen LogP contribution in [0, 0.1) is 0 Å². The predicted octanol–water partition coefficient (Wildman–Crippen LogP) is 41.1. The minimum Gasteiger partial charge on any atom is -0.344 e. The fourth-order valence-corrected chi connectivity index (χ4v) is 21.7. The zero-order chi connectivity index (χ0) is 103. The highest BCUT2D eigenvalue weighted by molar-refractivity contribution is 6.09. The number of benzene rings is 19. The first-order valence-corrected chi connectivity index (χ1v) is 52.9. The maximum atomic E-state index is 2.40. The average molecular weight is 1870 g/mol. The minimum atomic E-state index is -0.0396.